The van der Waals surface area contributed by atoms with Gasteiger partial charge in [0.1, 0.15) is 5.82 Å². The SMILES string of the molecule is CC.CC(CCO)c1c[nH]c2ccc(F)cc12. The van der Waals surface area contributed by atoms with E-state index in [-0.39, 0.29) is 18.3 Å². The third kappa shape index (κ3) is 3.07. The molecule has 0 bridgehead atoms. The molecule has 17 heavy (non-hydrogen) atoms. The lowest BCUT2D eigenvalue weighted by Crippen LogP contribution is -1.95. The molecule has 94 valence electrons. The van der Waals surface area contributed by atoms with E-state index in [9.17, 15) is 4.39 Å². The first-order chi connectivity index (χ1) is 8.22. The van der Waals surface area contributed by atoms with E-state index in [1.165, 1.54) is 12.1 Å². The van der Waals surface area contributed by atoms with Crippen molar-refractivity contribution in [2.45, 2.75) is 33.1 Å². The van der Waals surface area contributed by atoms with Gasteiger partial charge in [0.15, 0.2) is 0 Å². The summed E-state index contributed by atoms with van der Waals surface area (Å²) in [6, 6.07) is 4.72. The fraction of sp³-hybridized carbons (Fsp3) is 0.429. The molecule has 3 heteroatoms. The monoisotopic (exact) mass is 237 g/mol. The molecule has 1 unspecified atom stereocenters. The Morgan fingerprint density at radius 2 is 2.06 bits per heavy atom. The lowest BCUT2D eigenvalue weighted by molar-refractivity contribution is 0.279. The van der Waals surface area contributed by atoms with E-state index in [1.807, 2.05) is 27.0 Å². The molecule has 2 rings (SSSR count). The van der Waals surface area contributed by atoms with Crippen molar-refractivity contribution in [2.24, 2.45) is 0 Å². The summed E-state index contributed by atoms with van der Waals surface area (Å²) < 4.78 is 13.1. The molecule has 2 aromatic rings. The van der Waals surface area contributed by atoms with Gasteiger partial charge in [-0.3, -0.25) is 0 Å². The van der Waals surface area contributed by atoms with E-state index in [1.54, 1.807) is 6.07 Å². The quantitative estimate of drug-likeness (QED) is 0.836. The molecular weight excluding hydrogens is 217 g/mol. The highest BCUT2D eigenvalue weighted by atomic mass is 19.1. The van der Waals surface area contributed by atoms with Gasteiger partial charge in [-0.2, -0.15) is 0 Å². The molecule has 0 aliphatic heterocycles. The first-order valence-electron chi connectivity index (χ1n) is 6.09. The predicted molar refractivity (Wildman–Crippen MR) is 69.7 cm³/mol. The van der Waals surface area contributed by atoms with Crippen LogP contribution in [-0.4, -0.2) is 16.7 Å². The summed E-state index contributed by atoms with van der Waals surface area (Å²) in [6.07, 6.45) is 2.59. The Morgan fingerprint density at radius 1 is 1.35 bits per heavy atom. The van der Waals surface area contributed by atoms with Crippen LogP contribution in [0, 0.1) is 5.82 Å². The number of benzene rings is 1. The molecular formula is C14H20FNO. The number of H-pyrrole nitrogens is 1. The fourth-order valence-corrected chi connectivity index (χ4v) is 1.87. The highest BCUT2D eigenvalue weighted by Crippen LogP contribution is 2.27. The van der Waals surface area contributed by atoms with Gasteiger partial charge in [-0.15, -0.1) is 0 Å². The third-order valence-corrected chi connectivity index (χ3v) is 2.77. The minimum absolute atomic E-state index is 0.156. The van der Waals surface area contributed by atoms with Crippen molar-refractivity contribution < 1.29 is 9.50 Å². The standard InChI is InChI=1S/C12H14FNO.C2H6/c1-8(4-5-15)11-7-14-12-3-2-9(13)6-10(11)12;1-2/h2-3,6-8,14-15H,4-5H2,1H3;1-2H3. The number of fused-ring (bicyclic) bond motifs is 1. The number of aliphatic hydroxyl groups excluding tert-OH is 1. The van der Waals surface area contributed by atoms with E-state index < -0.39 is 0 Å². The van der Waals surface area contributed by atoms with Crippen molar-refractivity contribution in [3.8, 4) is 0 Å². The number of hydrogen-bond acceptors (Lipinski definition) is 1. The van der Waals surface area contributed by atoms with Crippen LogP contribution < -0.4 is 0 Å². The molecule has 0 saturated carbocycles. The summed E-state index contributed by atoms with van der Waals surface area (Å²) in [5.74, 6) is 0.0186. The first kappa shape index (κ1) is 13.7. The number of aromatic nitrogens is 1. The topological polar surface area (TPSA) is 36.0 Å². The Bertz CT molecular complexity index is 464. The maximum atomic E-state index is 13.1. The number of hydrogen-bond donors (Lipinski definition) is 2. The summed E-state index contributed by atoms with van der Waals surface area (Å²) in [5.41, 5.74) is 2.01. The van der Waals surface area contributed by atoms with Crippen LogP contribution in [0.5, 0.6) is 0 Å². The summed E-state index contributed by atoms with van der Waals surface area (Å²) in [5, 5.41) is 9.79. The molecule has 0 aliphatic rings. The van der Waals surface area contributed by atoms with Gasteiger partial charge in [-0.05, 0) is 36.1 Å². The maximum Gasteiger partial charge on any atom is 0.123 e. The Labute approximate surface area is 101 Å². The maximum absolute atomic E-state index is 13.1. The van der Waals surface area contributed by atoms with Crippen LogP contribution >= 0.6 is 0 Å². The average molecular weight is 237 g/mol. The fourth-order valence-electron chi connectivity index (χ4n) is 1.87. The minimum Gasteiger partial charge on any atom is -0.396 e. The summed E-state index contributed by atoms with van der Waals surface area (Å²) in [7, 11) is 0. The predicted octanol–water partition coefficient (Wildman–Crippen LogP) is 3.82. The molecule has 0 saturated heterocycles. The molecule has 1 aromatic carbocycles. The Morgan fingerprint density at radius 3 is 2.71 bits per heavy atom. The van der Waals surface area contributed by atoms with Crippen molar-refractivity contribution in [1.82, 2.24) is 4.98 Å². The smallest absolute Gasteiger partial charge is 0.123 e. The largest absolute Gasteiger partial charge is 0.396 e. The molecule has 2 N–H and O–H groups in total. The number of halogens is 1. The molecule has 1 heterocycles. The van der Waals surface area contributed by atoms with Crippen LogP contribution in [0.2, 0.25) is 0 Å². The van der Waals surface area contributed by atoms with Crippen molar-refractivity contribution >= 4 is 10.9 Å². The Hall–Kier alpha value is -1.35. The Balaban J connectivity index is 0.000000686. The summed E-state index contributed by atoms with van der Waals surface area (Å²) in [6.45, 7) is 6.19. The first-order valence-corrected chi connectivity index (χ1v) is 6.09. The van der Waals surface area contributed by atoms with Gasteiger partial charge >= 0.3 is 0 Å². The molecule has 1 atom stereocenters. The third-order valence-electron chi connectivity index (χ3n) is 2.77. The van der Waals surface area contributed by atoms with Gasteiger partial charge in [0.2, 0.25) is 0 Å². The highest BCUT2D eigenvalue weighted by molar-refractivity contribution is 5.83. The molecule has 0 amide bonds. The number of nitrogens with one attached hydrogen (secondary N) is 1. The summed E-state index contributed by atoms with van der Waals surface area (Å²) in [4.78, 5) is 3.11. The lowest BCUT2D eigenvalue weighted by Gasteiger charge is -2.07. The van der Waals surface area contributed by atoms with Crippen LogP contribution in [0.4, 0.5) is 4.39 Å². The minimum atomic E-state index is -0.223. The van der Waals surface area contributed by atoms with Gasteiger partial charge in [0, 0.05) is 23.7 Å². The highest BCUT2D eigenvalue weighted by Gasteiger charge is 2.11. The molecule has 0 aliphatic carbocycles. The van der Waals surface area contributed by atoms with Gasteiger partial charge in [0.25, 0.3) is 0 Å². The van der Waals surface area contributed by atoms with Crippen LogP contribution in [0.15, 0.2) is 24.4 Å². The van der Waals surface area contributed by atoms with Crippen molar-refractivity contribution in [3.05, 3.63) is 35.8 Å². The number of aliphatic hydroxyl groups is 1. The van der Waals surface area contributed by atoms with Crippen molar-refractivity contribution in [3.63, 3.8) is 0 Å². The second-order valence-corrected chi connectivity index (χ2v) is 3.85. The summed E-state index contributed by atoms with van der Waals surface area (Å²) >= 11 is 0. The molecule has 2 nitrogen and oxygen atoms in total. The second-order valence-electron chi connectivity index (χ2n) is 3.85. The number of aromatic amines is 1. The van der Waals surface area contributed by atoms with Crippen LogP contribution in [0.25, 0.3) is 10.9 Å². The Kier molecular flexibility index (Phi) is 5.16. The lowest BCUT2D eigenvalue weighted by atomic mass is 9.98. The zero-order valence-corrected chi connectivity index (χ0v) is 10.6. The molecule has 0 fully saturated rings. The van der Waals surface area contributed by atoms with Gasteiger partial charge in [-0.25, -0.2) is 4.39 Å². The normalized spacial score (nSPS) is 12.1. The molecule has 1 aromatic heterocycles. The van der Waals surface area contributed by atoms with E-state index in [0.717, 1.165) is 16.5 Å². The van der Waals surface area contributed by atoms with Gasteiger partial charge in [-0.1, -0.05) is 20.8 Å². The van der Waals surface area contributed by atoms with Crippen molar-refractivity contribution in [2.75, 3.05) is 6.61 Å². The van der Waals surface area contributed by atoms with E-state index >= 15 is 0 Å². The van der Waals surface area contributed by atoms with E-state index in [4.69, 9.17) is 5.11 Å². The van der Waals surface area contributed by atoms with Crippen LogP contribution in [0.3, 0.4) is 0 Å². The van der Waals surface area contributed by atoms with E-state index in [0.29, 0.717) is 6.42 Å². The molecule has 0 spiro atoms. The number of rotatable bonds is 3. The van der Waals surface area contributed by atoms with Gasteiger partial charge in [0.05, 0.1) is 0 Å². The van der Waals surface area contributed by atoms with Crippen LogP contribution in [0.1, 0.15) is 38.7 Å². The van der Waals surface area contributed by atoms with Crippen LogP contribution in [-0.2, 0) is 0 Å². The molecule has 0 radical (unpaired) electrons. The average Bonchev–Trinajstić information content (AvgIpc) is 2.75. The van der Waals surface area contributed by atoms with E-state index in [2.05, 4.69) is 4.98 Å². The van der Waals surface area contributed by atoms with Gasteiger partial charge < -0.3 is 10.1 Å². The zero-order chi connectivity index (χ0) is 12.8. The van der Waals surface area contributed by atoms with Crippen molar-refractivity contribution in [1.29, 1.82) is 0 Å². The second kappa shape index (κ2) is 6.40. The zero-order valence-electron chi connectivity index (χ0n) is 10.6.